The lowest BCUT2D eigenvalue weighted by atomic mass is 10.1. The first-order valence-corrected chi connectivity index (χ1v) is 23.8. The van der Waals surface area contributed by atoms with Crippen molar-refractivity contribution in [3.63, 3.8) is 0 Å². The molecule has 56 heavy (non-hydrogen) atoms. The highest BCUT2D eigenvalue weighted by molar-refractivity contribution is 7.45. The number of unbranched alkanes of at least 4 members (excludes halogenated alkanes) is 16. The second-order valence-corrected chi connectivity index (χ2v) is 17.4. The minimum absolute atomic E-state index is 0.00714. The van der Waals surface area contributed by atoms with Crippen LogP contribution in [0.4, 0.5) is 0 Å². The van der Waals surface area contributed by atoms with Crippen molar-refractivity contribution in [3.8, 4) is 0 Å². The Hall–Kier alpha value is -2.06. The van der Waals surface area contributed by atoms with E-state index in [1.165, 1.54) is 64.2 Å². The Morgan fingerprint density at radius 3 is 1.59 bits per heavy atom. The Balaban J connectivity index is 4.36. The number of nitrogens with zero attached hydrogens (tertiary/aromatic N) is 1. The van der Waals surface area contributed by atoms with Crippen LogP contribution >= 0.6 is 7.82 Å². The molecule has 0 aromatic heterocycles. The van der Waals surface area contributed by atoms with Gasteiger partial charge in [-0.1, -0.05) is 170 Å². The molecule has 0 bridgehead atoms. The van der Waals surface area contributed by atoms with E-state index in [1.54, 1.807) is 6.08 Å². The zero-order valence-electron chi connectivity index (χ0n) is 36.6. The number of aliphatic hydroxyl groups excluding tert-OH is 1. The van der Waals surface area contributed by atoms with Crippen LogP contribution in [0, 0.1) is 0 Å². The number of likely N-dealkylation sites (N-methyl/N-ethyl adjacent to an activating group) is 1. The van der Waals surface area contributed by atoms with Gasteiger partial charge >= 0.3 is 0 Å². The average molecular weight is 805 g/mol. The molecule has 0 saturated heterocycles. The molecule has 9 heteroatoms. The number of rotatable bonds is 39. The van der Waals surface area contributed by atoms with Crippen molar-refractivity contribution in [2.24, 2.45) is 0 Å². The minimum atomic E-state index is -4.59. The summed E-state index contributed by atoms with van der Waals surface area (Å²) in [7, 11) is 1.24. The molecule has 0 saturated carbocycles. The highest BCUT2D eigenvalue weighted by Gasteiger charge is 2.23. The first kappa shape index (κ1) is 53.9. The van der Waals surface area contributed by atoms with Gasteiger partial charge in [0.2, 0.25) is 5.91 Å². The fourth-order valence-corrected chi connectivity index (χ4v) is 6.61. The van der Waals surface area contributed by atoms with Crippen LogP contribution in [-0.4, -0.2) is 68.5 Å². The summed E-state index contributed by atoms with van der Waals surface area (Å²) in [6.45, 7) is 4.48. The largest absolute Gasteiger partial charge is 0.756 e. The fraction of sp³-hybridized carbons (Fsp3) is 0.723. The summed E-state index contributed by atoms with van der Waals surface area (Å²) in [5, 5.41) is 13.7. The van der Waals surface area contributed by atoms with Gasteiger partial charge in [0, 0.05) is 6.42 Å². The minimum Gasteiger partial charge on any atom is -0.756 e. The molecule has 8 nitrogen and oxygen atoms in total. The van der Waals surface area contributed by atoms with Crippen LogP contribution in [0.1, 0.15) is 168 Å². The van der Waals surface area contributed by atoms with Gasteiger partial charge in [0.15, 0.2) is 0 Å². The van der Waals surface area contributed by atoms with E-state index >= 15 is 0 Å². The molecular formula is C47H85N2O6P. The van der Waals surface area contributed by atoms with E-state index < -0.39 is 20.0 Å². The summed E-state index contributed by atoms with van der Waals surface area (Å²) in [4.78, 5) is 25.3. The number of hydrogen-bond donors (Lipinski definition) is 2. The molecule has 0 heterocycles. The number of quaternary nitrogens is 1. The molecule has 0 aromatic rings. The third-order valence-corrected chi connectivity index (χ3v) is 10.4. The smallest absolute Gasteiger partial charge is 0.268 e. The predicted octanol–water partition coefficient (Wildman–Crippen LogP) is 11.8. The summed E-state index contributed by atoms with van der Waals surface area (Å²) >= 11 is 0. The van der Waals surface area contributed by atoms with E-state index in [1.807, 2.05) is 27.2 Å². The standard InChI is InChI=1S/C47H85N2O6P/c1-6-8-10-12-14-16-18-19-20-21-22-23-24-25-26-27-28-29-31-33-35-37-39-41-47(51)48-45(44-55-56(52,53)54-43-42-49(3,4)5)46(50)40-38-36-34-32-30-17-15-13-11-9-7-2/h8,10,14,16,19-20,22-23,25-26,38,40,45-46,50H,6-7,9,11-13,15,17-18,21,24,27-37,39,41-44H2,1-5H3,(H-,48,51,52,53)/b10-8-,16-14-,20-19-,23-22-,26-25-,40-38+. The van der Waals surface area contributed by atoms with Crippen LogP contribution in [0.3, 0.4) is 0 Å². The molecule has 0 aliphatic carbocycles. The van der Waals surface area contributed by atoms with Crippen LogP contribution in [-0.2, 0) is 18.4 Å². The zero-order valence-corrected chi connectivity index (χ0v) is 37.5. The summed E-state index contributed by atoms with van der Waals surface area (Å²) in [6, 6.07) is -0.894. The number of amides is 1. The van der Waals surface area contributed by atoms with Gasteiger partial charge in [-0.15, -0.1) is 0 Å². The Morgan fingerprint density at radius 2 is 1.09 bits per heavy atom. The fourth-order valence-electron chi connectivity index (χ4n) is 5.88. The average Bonchev–Trinajstić information content (AvgIpc) is 3.15. The molecule has 0 radical (unpaired) electrons. The molecule has 324 valence electrons. The van der Waals surface area contributed by atoms with Crippen LogP contribution in [0.25, 0.3) is 0 Å². The lowest BCUT2D eigenvalue weighted by molar-refractivity contribution is -0.870. The summed E-state index contributed by atoms with van der Waals surface area (Å²) in [5.41, 5.74) is 0. The van der Waals surface area contributed by atoms with Crippen LogP contribution in [0.2, 0.25) is 0 Å². The van der Waals surface area contributed by atoms with E-state index in [-0.39, 0.29) is 19.1 Å². The lowest BCUT2D eigenvalue weighted by Crippen LogP contribution is -2.45. The maximum Gasteiger partial charge on any atom is 0.268 e. The van der Waals surface area contributed by atoms with Gasteiger partial charge in [-0.2, -0.15) is 0 Å². The Bertz CT molecular complexity index is 1140. The highest BCUT2D eigenvalue weighted by Crippen LogP contribution is 2.38. The third kappa shape index (κ3) is 40.1. The molecule has 1 amide bonds. The molecule has 0 aliphatic rings. The maximum atomic E-state index is 12.8. The van der Waals surface area contributed by atoms with E-state index in [4.69, 9.17) is 9.05 Å². The summed E-state index contributed by atoms with van der Waals surface area (Å²) in [5.74, 6) is -0.214. The highest BCUT2D eigenvalue weighted by atomic mass is 31.2. The number of aliphatic hydroxyl groups is 1. The predicted molar refractivity (Wildman–Crippen MR) is 237 cm³/mol. The van der Waals surface area contributed by atoms with Crippen LogP contribution in [0.15, 0.2) is 72.9 Å². The molecule has 0 rings (SSSR count). The van der Waals surface area contributed by atoms with Crippen LogP contribution in [0.5, 0.6) is 0 Å². The van der Waals surface area contributed by atoms with Crippen LogP contribution < -0.4 is 10.2 Å². The molecule has 3 unspecified atom stereocenters. The van der Waals surface area contributed by atoms with Gasteiger partial charge in [-0.3, -0.25) is 9.36 Å². The van der Waals surface area contributed by atoms with E-state index in [0.717, 1.165) is 83.5 Å². The molecule has 0 aliphatic heterocycles. The maximum absolute atomic E-state index is 12.8. The monoisotopic (exact) mass is 805 g/mol. The molecule has 0 aromatic carbocycles. The summed E-state index contributed by atoms with van der Waals surface area (Å²) < 4.78 is 23.1. The number of hydrogen-bond acceptors (Lipinski definition) is 6. The van der Waals surface area contributed by atoms with Crippen molar-refractivity contribution >= 4 is 13.7 Å². The normalized spacial score (nSPS) is 15.1. The molecule has 0 spiro atoms. The second kappa shape index (κ2) is 38.5. The quantitative estimate of drug-likeness (QED) is 0.0277. The van der Waals surface area contributed by atoms with Gasteiger partial charge < -0.3 is 28.8 Å². The SMILES string of the molecule is CC/C=C\C/C=C\C/C=C\C/C=C\C/C=C\CCCCCCCCCC(=O)NC(COP(=O)([O-])OCC[N+](C)(C)C)C(O)/C=C/CCCCCCCCCCC. The van der Waals surface area contributed by atoms with Gasteiger partial charge in [-0.05, 0) is 64.2 Å². The van der Waals surface area contributed by atoms with Crippen molar-refractivity contribution in [1.29, 1.82) is 0 Å². The van der Waals surface area contributed by atoms with Crippen molar-refractivity contribution in [3.05, 3.63) is 72.9 Å². The molecule has 0 fully saturated rings. The topological polar surface area (TPSA) is 108 Å². The number of nitrogens with one attached hydrogen (secondary N) is 1. The van der Waals surface area contributed by atoms with Crippen molar-refractivity contribution in [2.75, 3.05) is 40.9 Å². The summed E-state index contributed by atoms with van der Waals surface area (Å²) in [6.07, 6.45) is 50.9. The number of allylic oxidation sites excluding steroid dienone is 11. The third-order valence-electron chi connectivity index (χ3n) is 9.42. The number of carbonyl (C=O) groups is 1. The van der Waals surface area contributed by atoms with E-state index in [2.05, 4.69) is 79.9 Å². The van der Waals surface area contributed by atoms with E-state index in [9.17, 15) is 19.4 Å². The molecular weight excluding hydrogens is 719 g/mol. The van der Waals surface area contributed by atoms with Gasteiger partial charge in [0.05, 0.1) is 39.9 Å². The molecule has 3 atom stereocenters. The van der Waals surface area contributed by atoms with Gasteiger partial charge in [-0.25, -0.2) is 0 Å². The Kier molecular flexibility index (Phi) is 37.0. The Labute approximate surface area is 344 Å². The number of phosphoric acid groups is 1. The van der Waals surface area contributed by atoms with E-state index in [0.29, 0.717) is 17.4 Å². The Morgan fingerprint density at radius 1 is 0.643 bits per heavy atom. The second-order valence-electron chi connectivity index (χ2n) is 16.0. The van der Waals surface area contributed by atoms with Gasteiger partial charge in [0.25, 0.3) is 7.82 Å². The lowest BCUT2D eigenvalue weighted by Gasteiger charge is -2.29. The number of phosphoric ester groups is 1. The van der Waals surface area contributed by atoms with Crippen molar-refractivity contribution in [1.82, 2.24) is 5.32 Å². The number of carbonyl (C=O) groups excluding carboxylic acids is 1. The van der Waals surface area contributed by atoms with Crippen molar-refractivity contribution in [2.45, 2.75) is 180 Å². The van der Waals surface area contributed by atoms with Crippen molar-refractivity contribution < 1.29 is 32.9 Å². The molecule has 2 N–H and O–H groups in total. The zero-order chi connectivity index (χ0) is 41.4. The first-order chi connectivity index (χ1) is 27.0. The van der Waals surface area contributed by atoms with Gasteiger partial charge in [0.1, 0.15) is 13.2 Å². The first-order valence-electron chi connectivity index (χ1n) is 22.3.